The fourth-order valence-corrected chi connectivity index (χ4v) is 3.28. The summed E-state index contributed by atoms with van der Waals surface area (Å²) in [6, 6.07) is 34.9. The van der Waals surface area contributed by atoms with E-state index in [2.05, 4.69) is 62.4 Å². The van der Waals surface area contributed by atoms with Crippen LogP contribution >= 0.6 is 0 Å². The third kappa shape index (κ3) is 4.89. The normalized spacial score (nSPS) is 11.0. The molecule has 2 heterocycles. The summed E-state index contributed by atoms with van der Waals surface area (Å²) in [5.74, 6) is 0. The molecule has 4 aromatic rings. The van der Waals surface area contributed by atoms with Gasteiger partial charge in [-0.25, -0.2) is 0 Å². The van der Waals surface area contributed by atoms with E-state index in [0.29, 0.717) is 0 Å². The van der Waals surface area contributed by atoms with E-state index in [1.807, 2.05) is 48.5 Å². The van der Waals surface area contributed by atoms with Gasteiger partial charge in [-0.1, -0.05) is 18.2 Å². The van der Waals surface area contributed by atoms with Crippen molar-refractivity contribution in [2.45, 2.75) is 25.7 Å². The Labute approximate surface area is 187 Å². The van der Waals surface area contributed by atoms with Crippen molar-refractivity contribution in [1.29, 1.82) is 0 Å². The SMILES string of the molecule is CC(C)(c1cccc(Cc2[c-]cccc2)n1)c1cccc(-c2[c-]cccc2)n1.[Pt+2]. The van der Waals surface area contributed by atoms with Crippen molar-refractivity contribution in [3.8, 4) is 11.3 Å². The van der Waals surface area contributed by atoms with Crippen LogP contribution in [0.25, 0.3) is 11.3 Å². The molecule has 0 amide bonds. The molecule has 2 aromatic heterocycles. The number of rotatable bonds is 5. The minimum absolute atomic E-state index is 0. The number of hydrogen-bond donors (Lipinski definition) is 0. The Kier molecular flexibility index (Phi) is 6.77. The molecule has 0 fully saturated rings. The molecule has 146 valence electrons. The average molecular weight is 558 g/mol. The largest absolute Gasteiger partial charge is 2.00 e. The fourth-order valence-electron chi connectivity index (χ4n) is 3.28. The Morgan fingerprint density at radius 3 is 2.10 bits per heavy atom. The van der Waals surface area contributed by atoms with Gasteiger partial charge in [0.2, 0.25) is 0 Å². The Bertz CT molecular complexity index is 1060. The summed E-state index contributed by atoms with van der Waals surface area (Å²) in [4.78, 5) is 9.88. The first-order valence-corrected chi connectivity index (χ1v) is 9.49. The second-order valence-electron chi connectivity index (χ2n) is 7.39. The predicted molar refractivity (Wildman–Crippen MR) is 113 cm³/mol. The van der Waals surface area contributed by atoms with E-state index < -0.39 is 0 Å². The van der Waals surface area contributed by atoms with Crippen LogP contribution in [-0.4, -0.2) is 9.97 Å². The van der Waals surface area contributed by atoms with Crippen molar-refractivity contribution in [3.05, 3.63) is 120 Å². The van der Waals surface area contributed by atoms with Crippen molar-refractivity contribution >= 4 is 0 Å². The zero-order chi connectivity index (χ0) is 19.4. The summed E-state index contributed by atoms with van der Waals surface area (Å²) in [6.45, 7) is 4.35. The van der Waals surface area contributed by atoms with E-state index >= 15 is 0 Å². The molecule has 2 nitrogen and oxygen atoms in total. The van der Waals surface area contributed by atoms with Crippen LogP contribution in [0.5, 0.6) is 0 Å². The number of benzene rings is 2. The van der Waals surface area contributed by atoms with Crippen molar-refractivity contribution in [2.24, 2.45) is 0 Å². The van der Waals surface area contributed by atoms with E-state index in [4.69, 9.17) is 9.97 Å². The molecule has 0 aliphatic heterocycles. The van der Waals surface area contributed by atoms with Gasteiger partial charge in [0.15, 0.2) is 0 Å². The average Bonchev–Trinajstić information content (AvgIpc) is 2.75. The van der Waals surface area contributed by atoms with Gasteiger partial charge in [0, 0.05) is 16.8 Å². The molecule has 0 saturated heterocycles. The summed E-state index contributed by atoms with van der Waals surface area (Å²) in [5.41, 5.74) is 5.83. The maximum absolute atomic E-state index is 4.95. The quantitative estimate of drug-likeness (QED) is 0.296. The summed E-state index contributed by atoms with van der Waals surface area (Å²) in [6.07, 6.45) is 0.775. The molecule has 0 spiro atoms. The van der Waals surface area contributed by atoms with Crippen LogP contribution < -0.4 is 0 Å². The Balaban J connectivity index is 0.00000240. The van der Waals surface area contributed by atoms with Crippen LogP contribution in [-0.2, 0) is 32.9 Å². The van der Waals surface area contributed by atoms with Crippen molar-refractivity contribution < 1.29 is 21.1 Å². The van der Waals surface area contributed by atoms with E-state index in [0.717, 1.165) is 40.3 Å². The van der Waals surface area contributed by atoms with E-state index in [1.165, 1.54) is 0 Å². The number of hydrogen-bond acceptors (Lipinski definition) is 2. The number of aromatic nitrogens is 2. The second kappa shape index (κ2) is 9.28. The van der Waals surface area contributed by atoms with Gasteiger partial charge in [-0.05, 0) is 44.2 Å². The van der Waals surface area contributed by atoms with Crippen LogP contribution in [0.1, 0.15) is 36.5 Å². The molecule has 0 radical (unpaired) electrons. The van der Waals surface area contributed by atoms with Crippen LogP contribution in [0.3, 0.4) is 0 Å². The molecule has 2 aromatic carbocycles. The summed E-state index contributed by atoms with van der Waals surface area (Å²) >= 11 is 0. The predicted octanol–water partition coefficient (Wildman–Crippen LogP) is 5.66. The standard InChI is InChI=1S/C26H22N2.Pt/c1-26(2,25-18-10-16-23(28-25)21-13-7-4-8-14-21)24-17-9-15-22(27-24)19-20-11-5-3-6-12-20;/h3-11,13,15-18H,19H2,1-2H3;/q-2;+2. The smallest absolute Gasteiger partial charge is 0.300 e. The van der Waals surface area contributed by atoms with E-state index in [-0.39, 0.29) is 26.5 Å². The molecule has 0 bridgehead atoms. The number of pyridine rings is 2. The first-order chi connectivity index (χ1) is 13.6. The molecule has 4 rings (SSSR count). The first kappa shape index (κ1) is 21.1. The van der Waals surface area contributed by atoms with Gasteiger partial charge < -0.3 is 4.98 Å². The van der Waals surface area contributed by atoms with Gasteiger partial charge in [-0.15, -0.1) is 35.9 Å². The molecule has 0 N–H and O–H groups in total. The molecule has 0 aliphatic carbocycles. The van der Waals surface area contributed by atoms with Crippen LogP contribution in [0.15, 0.2) is 84.9 Å². The van der Waals surface area contributed by atoms with Crippen molar-refractivity contribution in [2.75, 3.05) is 0 Å². The third-order valence-electron chi connectivity index (χ3n) is 4.97. The van der Waals surface area contributed by atoms with Crippen LogP contribution in [0.4, 0.5) is 0 Å². The maximum Gasteiger partial charge on any atom is 2.00 e. The van der Waals surface area contributed by atoms with Crippen LogP contribution in [0, 0.1) is 12.1 Å². The zero-order valence-electron chi connectivity index (χ0n) is 16.5. The van der Waals surface area contributed by atoms with Gasteiger partial charge in [0.05, 0.1) is 5.69 Å². The molecule has 3 heteroatoms. The van der Waals surface area contributed by atoms with Gasteiger partial charge in [-0.2, -0.15) is 35.9 Å². The molecule has 0 aliphatic rings. The molecular formula is C26H22N2Pt. The zero-order valence-corrected chi connectivity index (χ0v) is 18.8. The first-order valence-electron chi connectivity index (χ1n) is 9.49. The summed E-state index contributed by atoms with van der Waals surface area (Å²) in [7, 11) is 0. The monoisotopic (exact) mass is 557 g/mol. The van der Waals surface area contributed by atoms with E-state index in [1.54, 1.807) is 0 Å². The Morgan fingerprint density at radius 1 is 0.724 bits per heavy atom. The number of nitrogens with zero attached hydrogens (tertiary/aromatic N) is 2. The van der Waals surface area contributed by atoms with Gasteiger partial charge in [0.25, 0.3) is 0 Å². The summed E-state index contributed by atoms with van der Waals surface area (Å²) < 4.78 is 0. The summed E-state index contributed by atoms with van der Waals surface area (Å²) in [5, 5.41) is 0. The molecule has 0 atom stereocenters. The minimum atomic E-state index is -0.304. The van der Waals surface area contributed by atoms with Gasteiger partial charge >= 0.3 is 21.1 Å². The van der Waals surface area contributed by atoms with Crippen molar-refractivity contribution in [3.63, 3.8) is 0 Å². The minimum Gasteiger partial charge on any atom is -0.300 e. The molecule has 0 saturated carbocycles. The van der Waals surface area contributed by atoms with Crippen molar-refractivity contribution in [1.82, 2.24) is 9.97 Å². The topological polar surface area (TPSA) is 25.8 Å². The Morgan fingerprint density at radius 2 is 1.41 bits per heavy atom. The van der Waals surface area contributed by atoms with Gasteiger partial charge in [-0.3, -0.25) is 4.98 Å². The molecule has 29 heavy (non-hydrogen) atoms. The molecular weight excluding hydrogens is 535 g/mol. The van der Waals surface area contributed by atoms with Crippen LogP contribution in [0.2, 0.25) is 0 Å². The maximum atomic E-state index is 4.95. The third-order valence-corrected chi connectivity index (χ3v) is 4.97. The molecule has 0 unspecified atom stereocenters. The van der Waals surface area contributed by atoms with E-state index in [9.17, 15) is 0 Å². The Hall–Kier alpha value is -2.57. The fraction of sp³-hybridized carbons (Fsp3) is 0.154. The van der Waals surface area contributed by atoms with Gasteiger partial charge in [0.1, 0.15) is 0 Å². The second-order valence-corrected chi connectivity index (χ2v) is 7.39.